The molecule has 1 aromatic carbocycles. The summed E-state index contributed by atoms with van der Waals surface area (Å²) >= 11 is 0. The van der Waals surface area contributed by atoms with E-state index in [-0.39, 0.29) is 11.6 Å². The summed E-state index contributed by atoms with van der Waals surface area (Å²) in [5.74, 6) is 0.231. The van der Waals surface area contributed by atoms with Gasteiger partial charge in [-0.1, -0.05) is 0 Å². The third kappa shape index (κ3) is 6.80. The highest BCUT2D eigenvalue weighted by atomic mass is 32.2. The van der Waals surface area contributed by atoms with Crippen LogP contribution in [0.4, 0.5) is 0 Å². The predicted octanol–water partition coefficient (Wildman–Crippen LogP) is 0.489. The third-order valence-electron chi connectivity index (χ3n) is 1.50. The van der Waals surface area contributed by atoms with Crippen molar-refractivity contribution in [2.24, 2.45) is 5.73 Å². The molecular formula is C9H14N2O4S. The molecule has 0 aliphatic carbocycles. The first kappa shape index (κ1) is 14.4. The summed E-state index contributed by atoms with van der Waals surface area (Å²) in [7, 11) is -3.67. The molecule has 0 aliphatic heterocycles. The summed E-state index contributed by atoms with van der Waals surface area (Å²) in [5.41, 5.74) is 6.75. The Kier molecular flexibility index (Phi) is 4.93. The van der Waals surface area contributed by atoms with Gasteiger partial charge in [-0.25, -0.2) is 0 Å². The zero-order valence-corrected chi connectivity index (χ0v) is 9.75. The number of amidine groups is 1. The lowest BCUT2D eigenvalue weighted by molar-refractivity contribution is 0.475. The van der Waals surface area contributed by atoms with E-state index in [0.29, 0.717) is 11.8 Å². The molecule has 0 radical (unpaired) electrons. The van der Waals surface area contributed by atoms with E-state index < -0.39 is 10.1 Å². The first-order chi connectivity index (χ1) is 7.11. The van der Waals surface area contributed by atoms with Crippen molar-refractivity contribution >= 4 is 16.0 Å². The van der Waals surface area contributed by atoms with Gasteiger partial charge in [0.2, 0.25) is 0 Å². The largest absolute Gasteiger partial charge is 0.508 e. The number of phenolic OH excluding ortho intramolecular Hbond substituents is 1. The van der Waals surface area contributed by atoms with E-state index in [4.69, 9.17) is 20.8 Å². The van der Waals surface area contributed by atoms with Crippen LogP contribution in [0, 0.1) is 12.3 Å². The highest BCUT2D eigenvalue weighted by Gasteiger charge is 2.00. The first-order valence-electron chi connectivity index (χ1n) is 4.17. The number of aryl methyl sites for hydroxylation is 1. The van der Waals surface area contributed by atoms with Crippen LogP contribution in [0.25, 0.3) is 0 Å². The Bertz CT molecular complexity index is 474. The average Bonchev–Trinajstić information content (AvgIpc) is 1.99. The van der Waals surface area contributed by atoms with Crippen LogP contribution in [-0.2, 0) is 10.1 Å². The molecule has 0 atom stereocenters. The minimum absolute atomic E-state index is 0.0301. The van der Waals surface area contributed by atoms with E-state index in [1.807, 2.05) is 0 Å². The maximum absolute atomic E-state index is 9.19. The smallest absolute Gasteiger partial charge is 0.261 e. The number of nitrogens with two attached hydrogens (primary N) is 1. The van der Waals surface area contributed by atoms with Gasteiger partial charge in [0.15, 0.2) is 0 Å². The second-order valence-corrected chi connectivity index (χ2v) is 4.61. The van der Waals surface area contributed by atoms with Crippen molar-refractivity contribution in [3.8, 4) is 5.75 Å². The molecule has 0 saturated heterocycles. The maximum Gasteiger partial charge on any atom is 0.261 e. The Morgan fingerprint density at radius 2 is 1.88 bits per heavy atom. The zero-order chi connectivity index (χ0) is 12.9. The van der Waals surface area contributed by atoms with Gasteiger partial charge < -0.3 is 10.8 Å². The average molecular weight is 246 g/mol. The molecule has 0 heterocycles. The lowest BCUT2D eigenvalue weighted by Gasteiger charge is -2.02. The molecule has 0 unspecified atom stereocenters. The molecule has 6 nitrogen and oxygen atoms in total. The van der Waals surface area contributed by atoms with Crippen LogP contribution >= 0.6 is 0 Å². The lowest BCUT2D eigenvalue weighted by atomic mass is 10.1. The monoisotopic (exact) mass is 246 g/mol. The fourth-order valence-corrected chi connectivity index (χ4v) is 0.950. The van der Waals surface area contributed by atoms with E-state index in [2.05, 4.69) is 0 Å². The Balaban J connectivity index is 0.000000385. The number of nitrogen functional groups attached to an aromatic ring is 1. The van der Waals surface area contributed by atoms with Gasteiger partial charge in [0.1, 0.15) is 11.6 Å². The molecule has 0 aromatic heterocycles. The van der Waals surface area contributed by atoms with E-state index >= 15 is 0 Å². The van der Waals surface area contributed by atoms with Crippen LogP contribution < -0.4 is 5.73 Å². The lowest BCUT2D eigenvalue weighted by Crippen LogP contribution is -2.12. The van der Waals surface area contributed by atoms with Gasteiger partial charge in [0, 0.05) is 5.56 Å². The maximum atomic E-state index is 9.19. The summed E-state index contributed by atoms with van der Waals surface area (Å²) in [6.07, 6.45) is 0.715. The number of aromatic hydroxyl groups is 1. The molecule has 0 spiro atoms. The molecule has 0 saturated carbocycles. The molecule has 1 aromatic rings. The Morgan fingerprint density at radius 3 is 2.19 bits per heavy atom. The predicted molar refractivity (Wildman–Crippen MR) is 61.3 cm³/mol. The number of phenols is 1. The molecule has 16 heavy (non-hydrogen) atoms. The van der Waals surface area contributed by atoms with Crippen molar-refractivity contribution in [3.63, 3.8) is 0 Å². The molecule has 0 bridgehead atoms. The first-order valence-corrected chi connectivity index (χ1v) is 6.02. The summed E-state index contributed by atoms with van der Waals surface area (Å²) in [4.78, 5) is 0. The molecule has 0 aliphatic rings. The van der Waals surface area contributed by atoms with Gasteiger partial charge in [-0.2, -0.15) is 8.42 Å². The van der Waals surface area contributed by atoms with Crippen molar-refractivity contribution in [2.45, 2.75) is 6.92 Å². The van der Waals surface area contributed by atoms with Crippen LogP contribution in [0.3, 0.4) is 0 Å². The van der Waals surface area contributed by atoms with Gasteiger partial charge in [0.25, 0.3) is 10.1 Å². The Labute approximate surface area is 94.0 Å². The number of hydrogen-bond donors (Lipinski definition) is 4. The minimum Gasteiger partial charge on any atom is -0.508 e. The molecule has 7 heteroatoms. The third-order valence-corrected chi connectivity index (χ3v) is 1.50. The van der Waals surface area contributed by atoms with Gasteiger partial charge in [-0.15, -0.1) is 0 Å². The highest BCUT2D eigenvalue weighted by molar-refractivity contribution is 7.85. The van der Waals surface area contributed by atoms with Crippen molar-refractivity contribution in [1.82, 2.24) is 0 Å². The van der Waals surface area contributed by atoms with E-state index in [0.717, 1.165) is 5.56 Å². The summed E-state index contributed by atoms with van der Waals surface area (Å²) in [6.45, 7) is 1.80. The molecule has 5 N–H and O–H groups in total. The minimum atomic E-state index is -3.67. The quantitative estimate of drug-likeness (QED) is 0.326. The molecule has 0 fully saturated rings. The van der Waals surface area contributed by atoms with Crippen LogP contribution in [0.2, 0.25) is 0 Å². The second-order valence-electron chi connectivity index (χ2n) is 3.15. The van der Waals surface area contributed by atoms with Crippen LogP contribution in [0.15, 0.2) is 18.2 Å². The number of nitrogens with one attached hydrogen (secondary N) is 1. The SMILES string of the molecule is CS(=O)(=O)O.Cc1cc(O)ccc1C(=N)N. The summed E-state index contributed by atoms with van der Waals surface area (Å²) in [6, 6.07) is 4.73. The van der Waals surface area contributed by atoms with Crippen molar-refractivity contribution in [3.05, 3.63) is 29.3 Å². The molecule has 1 rings (SSSR count). The van der Waals surface area contributed by atoms with Crippen molar-refractivity contribution < 1.29 is 18.1 Å². The van der Waals surface area contributed by atoms with Gasteiger partial charge >= 0.3 is 0 Å². The van der Waals surface area contributed by atoms with Gasteiger partial charge in [0.05, 0.1) is 6.26 Å². The standard InChI is InChI=1S/C8H10N2O.CH4O3S/c1-5-4-6(11)2-3-7(5)8(9)10;1-5(2,3)4/h2-4,11H,1H3,(H3,9,10);1H3,(H,2,3,4). The molecular weight excluding hydrogens is 232 g/mol. The van der Waals surface area contributed by atoms with E-state index in [1.54, 1.807) is 19.1 Å². The molecule has 0 amide bonds. The number of benzene rings is 1. The van der Waals surface area contributed by atoms with Gasteiger partial charge in [-0.05, 0) is 30.7 Å². The summed E-state index contributed by atoms with van der Waals surface area (Å²) < 4.78 is 25.9. The van der Waals surface area contributed by atoms with Crippen LogP contribution in [0.5, 0.6) is 5.75 Å². The van der Waals surface area contributed by atoms with E-state index in [9.17, 15) is 8.42 Å². The number of hydrogen-bond acceptors (Lipinski definition) is 4. The van der Waals surface area contributed by atoms with Crippen molar-refractivity contribution in [1.29, 1.82) is 5.41 Å². The fourth-order valence-electron chi connectivity index (χ4n) is 0.950. The van der Waals surface area contributed by atoms with Crippen LogP contribution in [-0.4, -0.2) is 30.2 Å². The number of rotatable bonds is 1. The van der Waals surface area contributed by atoms with Crippen molar-refractivity contribution in [2.75, 3.05) is 6.26 Å². The normalized spacial score (nSPS) is 10.2. The van der Waals surface area contributed by atoms with E-state index in [1.165, 1.54) is 6.07 Å². The topological polar surface area (TPSA) is 124 Å². The Hall–Kier alpha value is -1.60. The highest BCUT2D eigenvalue weighted by Crippen LogP contribution is 2.14. The molecule has 90 valence electrons. The summed E-state index contributed by atoms with van der Waals surface area (Å²) in [5, 5.41) is 16.2. The van der Waals surface area contributed by atoms with Crippen LogP contribution in [0.1, 0.15) is 11.1 Å². The van der Waals surface area contributed by atoms with Gasteiger partial charge in [-0.3, -0.25) is 9.96 Å². The second kappa shape index (κ2) is 5.47. The Morgan fingerprint density at radius 1 is 1.44 bits per heavy atom. The fraction of sp³-hybridized carbons (Fsp3) is 0.222. The zero-order valence-electron chi connectivity index (χ0n) is 8.93.